The first-order chi connectivity index (χ1) is 11.3. The van der Waals surface area contributed by atoms with Gasteiger partial charge in [0.05, 0.1) is 22.1 Å². The number of halogens is 1. The molecule has 7 heteroatoms. The van der Waals surface area contributed by atoms with Gasteiger partial charge < -0.3 is 19.4 Å². The van der Waals surface area contributed by atoms with E-state index in [4.69, 9.17) is 4.74 Å². The number of nitrogens with zero attached hydrogens (tertiary/aromatic N) is 2. The van der Waals surface area contributed by atoms with Crippen molar-refractivity contribution >= 4 is 33.6 Å². The topological polar surface area (TPSA) is 80.1 Å². The van der Waals surface area contributed by atoms with Crippen LogP contribution < -0.4 is 10.3 Å². The lowest BCUT2D eigenvalue weighted by atomic mass is 10.1. The zero-order chi connectivity index (χ0) is 17.3. The van der Waals surface area contributed by atoms with E-state index in [0.29, 0.717) is 24.1 Å². The van der Waals surface area contributed by atoms with Crippen molar-refractivity contribution < 1.29 is 9.84 Å². The maximum absolute atomic E-state index is 12.1. The molecule has 3 aromatic rings. The van der Waals surface area contributed by atoms with Crippen LogP contribution in [0.25, 0.3) is 16.7 Å². The number of aliphatic hydroxyl groups is 1. The molecular weight excluding hydrogens is 421 g/mol. The van der Waals surface area contributed by atoms with Crippen LogP contribution in [0.5, 0.6) is 5.75 Å². The van der Waals surface area contributed by atoms with Gasteiger partial charge in [0, 0.05) is 18.3 Å². The second-order valence-corrected chi connectivity index (χ2v) is 7.34. The van der Waals surface area contributed by atoms with Crippen LogP contribution in [0.4, 0.5) is 0 Å². The van der Waals surface area contributed by atoms with Gasteiger partial charge in [0.1, 0.15) is 16.8 Å². The molecule has 0 radical (unpaired) electrons. The Morgan fingerprint density at radius 2 is 2.04 bits per heavy atom. The molecule has 0 bridgehead atoms. The normalized spacial score (nSPS) is 11.8. The number of rotatable bonds is 5. The Bertz CT molecular complexity index is 907. The summed E-state index contributed by atoms with van der Waals surface area (Å²) in [4.78, 5) is 19.0. The molecule has 1 aromatic carbocycles. The van der Waals surface area contributed by atoms with E-state index in [2.05, 4.69) is 32.6 Å². The van der Waals surface area contributed by atoms with E-state index in [1.807, 2.05) is 35.0 Å². The average molecular weight is 439 g/mol. The van der Waals surface area contributed by atoms with Crippen LogP contribution in [0.1, 0.15) is 20.3 Å². The third-order valence-electron chi connectivity index (χ3n) is 3.64. The summed E-state index contributed by atoms with van der Waals surface area (Å²) in [5.41, 5.74) is 1.15. The maximum Gasteiger partial charge on any atom is 0.275 e. The van der Waals surface area contributed by atoms with E-state index >= 15 is 0 Å². The highest BCUT2D eigenvalue weighted by Crippen LogP contribution is 2.23. The van der Waals surface area contributed by atoms with Crippen molar-refractivity contribution in [1.29, 1.82) is 0 Å². The van der Waals surface area contributed by atoms with Crippen molar-refractivity contribution in [2.75, 3.05) is 6.61 Å². The van der Waals surface area contributed by atoms with E-state index in [1.165, 1.54) is 6.33 Å². The van der Waals surface area contributed by atoms with E-state index in [9.17, 15) is 9.90 Å². The summed E-state index contributed by atoms with van der Waals surface area (Å²) < 4.78 is 8.38. The summed E-state index contributed by atoms with van der Waals surface area (Å²) >= 11 is 2.17. The zero-order valence-electron chi connectivity index (χ0n) is 13.4. The largest absolute Gasteiger partial charge is 0.493 e. The quantitative estimate of drug-likeness (QED) is 0.600. The summed E-state index contributed by atoms with van der Waals surface area (Å²) in [6, 6.07) is 7.48. The molecule has 0 atom stereocenters. The number of ether oxygens (including phenoxy) is 1. The first-order valence-electron chi connectivity index (χ1n) is 7.55. The molecule has 126 valence electrons. The maximum atomic E-state index is 12.1. The van der Waals surface area contributed by atoms with Crippen molar-refractivity contribution in [3.8, 4) is 11.4 Å². The molecule has 0 aliphatic heterocycles. The van der Waals surface area contributed by atoms with Gasteiger partial charge in [0.25, 0.3) is 5.56 Å². The molecule has 3 rings (SSSR count). The molecule has 0 aliphatic rings. The zero-order valence-corrected chi connectivity index (χ0v) is 15.6. The minimum Gasteiger partial charge on any atom is -0.493 e. The average Bonchev–Trinajstić information content (AvgIpc) is 2.85. The number of hydrogen-bond acceptors (Lipinski definition) is 4. The van der Waals surface area contributed by atoms with Crippen molar-refractivity contribution in [3.63, 3.8) is 0 Å². The number of H-pyrrole nitrogens is 1. The standard InChI is InChI=1S/C17H18IN3O3/c1-17(2,23)7-8-24-12-5-3-11(4-6-12)21-9-13(18)14-15(21)16(22)20-10-19-14/h3-6,9-10,23H,7-8H2,1-2H3,(H,19,20,22). The van der Waals surface area contributed by atoms with Gasteiger partial charge >= 0.3 is 0 Å². The number of aromatic amines is 1. The fourth-order valence-electron chi connectivity index (χ4n) is 2.36. The highest BCUT2D eigenvalue weighted by atomic mass is 127. The summed E-state index contributed by atoms with van der Waals surface area (Å²) in [6.07, 6.45) is 3.85. The van der Waals surface area contributed by atoms with Gasteiger partial charge in [-0.25, -0.2) is 4.98 Å². The summed E-state index contributed by atoms with van der Waals surface area (Å²) in [5, 5.41) is 9.69. The summed E-state index contributed by atoms with van der Waals surface area (Å²) in [6.45, 7) is 3.95. The van der Waals surface area contributed by atoms with Crippen LogP contribution >= 0.6 is 22.6 Å². The highest BCUT2D eigenvalue weighted by Gasteiger charge is 2.13. The fourth-order valence-corrected chi connectivity index (χ4v) is 3.03. The summed E-state index contributed by atoms with van der Waals surface area (Å²) in [7, 11) is 0. The summed E-state index contributed by atoms with van der Waals surface area (Å²) in [5.74, 6) is 0.723. The molecule has 0 spiro atoms. The second kappa shape index (κ2) is 6.56. The van der Waals surface area contributed by atoms with Gasteiger partial charge in [-0.2, -0.15) is 0 Å². The Labute approximate surface area is 152 Å². The smallest absolute Gasteiger partial charge is 0.275 e. The van der Waals surface area contributed by atoms with Crippen LogP contribution in [0.3, 0.4) is 0 Å². The fraction of sp³-hybridized carbons (Fsp3) is 0.294. The van der Waals surface area contributed by atoms with Crippen molar-refractivity contribution in [2.45, 2.75) is 25.9 Å². The van der Waals surface area contributed by atoms with Crippen LogP contribution in [-0.4, -0.2) is 31.8 Å². The predicted molar refractivity (Wildman–Crippen MR) is 101 cm³/mol. The van der Waals surface area contributed by atoms with Crippen LogP contribution in [0, 0.1) is 3.57 Å². The molecule has 0 saturated heterocycles. The Kier molecular flexibility index (Phi) is 4.64. The van der Waals surface area contributed by atoms with Crippen LogP contribution in [0.15, 0.2) is 41.6 Å². The van der Waals surface area contributed by atoms with Gasteiger partial charge in [-0.05, 0) is 60.7 Å². The Morgan fingerprint density at radius 1 is 1.33 bits per heavy atom. The third kappa shape index (κ3) is 3.62. The van der Waals surface area contributed by atoms with Gasteiger partial charge in [-0.3, -0.25) is 4.79 Å². The monoisotopic (exact) mass is 439 g/mol. The molecule has 0 fully saturated rings. The minimum absolute atomic E-state index is 0.173. The van der Waals surface area contributed by atoms with Crippen molar-refractivity contribution in [2.24, 2.45) is 0 Å². The third-order valence-corrected chi connectivity index (χ3v) is 4.43. The molecule has 0 amide bonds. The first-order valence-corrected chi connectivity index (χ1v) is 8.63. The molecule has 2 heterocycles. The second-order valence-electron chi connectivity index (χ2n) is 6.18. The van der Waals surface area contributed by atoms with Crippen LogP contribution in [0.2, 0.25) is 0 Å². The first kappa shape index (κ1) is 17.0. The Hall–Kier alpha value is -1.87. The van der Waals surface area contributed by atoms with Gasteiger partial charge in [-0.15, -0.1) is 0 Å². The number of fused-ring (bicyclic) bond motifs is 1. The van der Waals surface area contributed by atoms with Crippen molar-refractivity contribution in [3.05, 3.63) is 50.7 Å². The van der Waals surface area contributed by atoms with Crippen LogP contribution in [-0.2, 0) is 0 Å². The lowest BCUT2D eigenvalue weighted by Gasteiger charge is -2.17. The lowest BCUT2D eigenvalue weighted by Crippen LogP contribution is -2.21. The van der Waals surface area contributed by atoms with E-state index in [-0.39, 0.29) is 5.56 Å². The Balaban J connectivity index is 1.85. The predicted octanol–water partition coefficient (Wildman–Crippen LogP) is 2.86. The molecular formula is C17H18IN3O3. The molecule has 6 nitrogen and oxygen atoms in total. The molecule has 0 saturated carbocycles. The van der Waals surface area contributed by atoms with E-state index in [0.717, 1.165) is 15.0 Å². The SMILES string of the molecule is CC(C)(O)CCOc1ccc(-n2cc(I)c3nc[nH]c(=O)c32)cc1. The van der Waals surface area contributed by atoms with Gasteiger partial charge in [-0.1, -0.05) is 0 Å². The highest BCUT2D eigenvalue weighted by molar-refractivity contribution is 14.1. The molecule has 24 heavy (non-hydrogen) atoms. The molecule has 0 unspecified atom stereocenters. The van der Waals surface area contributed by atoms with Crippen molar-refractivity contribution in [1.82, 2.24) is 14.5 Å². The van der Waals surface area contributed by atoms with Gasteiger partial charge in [0.15, 0.2) is 0 Å². The number of nitrogens with one attached hydrogen (secondary N) is 1. The molecule has 2 aromatic heterocycles. The lowest BCUT2D eigenvalue weighted by molar-refractivity contribution is 0.0553. The molecule has 0 aliphatic carbocycles. The molecule has 2 N–H and O–H groups in total. The number of hydrogen-bond donors (Lipinski definition) is 2. The van der Waals surface area contributed by atoms with E-state index in [1.54, 1.807) is 13.8 Å². The van der Waals surface area contributed by atoms with Gasteiger partial charge in [0.2, 0.25) is 0 Å². The number of aromatic nitrogens is 3. The minimum atomic E-state index is -0.741. The number of benzene rings is 1. The van der Waals surface area contributed by atoms with E-state index < -0.39 is 5.60 Å². The Morgan fingerprint density at radius 3 is 2.71 bits per heavy atom.